The van der Waals surface area contributed by atoms with E-state index in [2.05, 4.69) is 5.32 Å². The molecule has 0 radical (unpaired) electrons. The van der Waals surface area contributed by atoms with Gasteiger partial charge < -0.3 is 15.0 Å². The molecule has 1 amide bonds. The van der Waals surface area contributed by atoms with Crippen LogP contribution in [-0.4, -0.2) is 33.7 Å². The van der Waals surface area contributed by atoms with Crippen molar-refractivity contribution in [3.8, 4) is 5.75 Å². The lowest BCUT2D eigenvalue weighted by Crippen LogP contribution is -2.34. The molecule has 1 aromatic rings. The molecular weight excluding hydrogens is 240 g/mol. The highest BCUT2D eigenvalue weighted by molar-refractivity contribution is 6.31. The van der Waals surface area contributed by atoms with E-state index in [0.717, 1.165) is 5.56 Å². The van der Waals surface area contributed by atoms with Crippen LogP contribution < -0.4 is 15.0 Å². The van der Waals surface area contributed by atoms with Gasteiger partial charge in [-0.05, 0) is 31.7 Å². The SMILES string of the molecule is CNCC(=O)N(C)c1cc(Cl)cc(C)c1OC. The first kappa shape index (κ1) is 13.8. The number of halogens is 1. The van der Waals surface area contributed by atoms with Gasteiger partial charge in [0.05, 0.1) is 19.3 Å². The Hall–Kier alpha value is -1.26. The Kier molecular flexibility index (Phi) is 4.78. The molecule has 0 saturated carbocycles. The smallest absolute Gasteiger partial charge is 0.240 e. The third-order valence-electron chi connectivity index (χ3n) is 2.49. The average Bonchev–Trinajstić information content (AvgIpc) is 2.27. The number of aryl methyl sites for hydroxylation is 1. The van der Waals surface area contributed by atoms with Crippen LogP contribution in [0.5, 0.6) is 5.75 Å². The van der Waals surface area contributed by atoms with E-state index < -0.39 is 0 Å². The molecule has 0 aromatic heterocycles. The van der Waals surface area contributed by atoms with Crippen LogP contribution in [0, 0.1) is 6.92 Å². The summed E-state index contributed by atoms with van der Waals surface area (Å²) in [6, 6.07) is 3.53. The van der Waals surface area contributed by atoms with Gasteiger partial charge in [-0.15, -0.1) is 0 Å². The molecule has 0 spiro atoms. The van der Waals surface area contributed by atoms with Gasteiger partial charge in [0.25, 0.3) is 0 Å². The molecule has 4 nitrogen and oxygen atoms in total. The van der Waals surface area contributed by atoms with Crippen LogP contribution in [0.15, 0.2) is 12.1 Å². The quantitative estimate of drug-likeness (QED) is 0.894. The standard InChI is InChI=1S/C12H17ClN2O2/c1-8-5-9(13)6-10(12(8)17-4)15(3)11(16)7-14-2/h5-6,14H,7H2,1-4H3. The normalized spacial score (nSPS) is 10.2. The number of nitrogens with zero attached hydrogens (tertiary/aromatic N) is 1. The summed E-state index contributed by atoms with van der Waals surface area (Å²) in [6.07, 6.45) is 0. The topological polar surface area (TPSA) is 41.6 Å². The van der Waals surface area contributed by atoms with Crippen molar-refractivity contribution in [1.82, 2.24) is 5.32 Å². The molecule has 0 unspecified atom stereocenters. The average molecular weight is 257 g/mol. The van der Waals surface area contributed by atoms with Crippen molar-refractivity contribution < 1.29 is 9.53 Å². The summed E-state index contributed by atoms with van der Waals surface area (Å²) in [5.41, 5.74) is 1.58. The van der Waals surface area contributed by atoms with Crippen LogP contribution >= 0.6 is 11.6 Å². The highest BCUT2D eigenvalue weighted by Gasteiger charge is 2.16. The lowest BCUT2D eigenvalue weighted by Gasteiger charge is -2.21. The molecule has 0 aliphatic carbocycles. The van der Waals surface area contributed by atoms with Gasteiger partial charge in [-0.3, -0.25) is 4.79 Å². The van der Waals surface area contributed by atoms with Crippen molar-refractivity contribution in [2.75, 3.05) is 32.6 Å². The minimum absolute atomic E-state index is 0.0486. The monoisotopic (exact) mass is 256 g/mol. The Morgan fingerprint density at radius 3 is 2.71 bits per heavy atom. The molecule has 17 heavy (non-hydrogen) atoms. The van der Waals surface area contributed by atoms with Crippen LogP contribution in [0.1, 0.15) is 5.56 Å². The van der Waals surface area contributed by atoms with Gasteiger partial charge in [0, 0.05) is 12.1 Å². The summed E-state index contributed by atoms with van der Waals surface area (Å²) in [4.78, 5) is 13.3. The largest absolute Gasteiger partial charge is 0.494 e. The van der Waals surface area contributed by atoms with E-state index >= 15 is 0 Å². The number of methoxy groups -OCH3 is 1. The van der Waals surface area contributed by atoms with Crippen molar-refractivity contribution in [3.05, 3.63) is 22.7 Å². The number of ether oxygens (including phenoxy) is 1. The van der Waals surface area contributed by atoms with Gasteiger partial charge in [-0.2, -0.15) is 0 Å². The fourth-order valence-electron chi connectivity index (χ4n) is 1.63. The predicted octanol–water partition coefficient (Wildman–Crippen LogP) is 1.84. The van der Waals surface area contributed by atoms with Crippen LogP contribution in [0.3, 0.4) is 0 Å². The van der Waals surface area contributed by atoms with Gasteiger partial charge in [-0.25, -0.2) is 0 Å². The maximum Gasteiger partial charge on any atom is 0.240 e. The number of carbonyl (C=O) groups is 1. The lowest BCUT2D eigenvalue weighted by molar-refractivity contribution is -0.117. The summed E-state index contributed by atoms with van der Waals surface area (Å²) >= 11 is 6.00. The minimum Gasteiger partial charge on any atom is -0.494 e. The molecule has 0 aliphatic heterocycles. The number of nitrogens with one attached hydrogen (secondary N) is 1. The number of hydrogen-bond donors (Lipinski definition) is 1. The Labute approximate surface area is 107 Å². The van der Waals surface area contributed by atoms with E-state index in [1.807, 2.05) is 6.92 Å². The van der Waals surface area contributed by atoms with Crippen molar-refractivity contribution in [1.29, 1.82) is 0 Å². The first-order valence-electron chi connectivity index (χ1n) is 5.26. The molecule has 1 N–H and O–H groups in total. The van der Waals surface area contributed by atoms with Crippen molar-refractivity contribution >= 4 is 23.2 Å². The number of hydrogen-bond acceptors (Lipinski definition) is 3. The van der Waals surface area contributed by atoms with Crippen LogP contribution in [0.25, 0.3) is 0 Å². The number of benzene rings is 1. The van der Waals surface area contributed by atoms with Gasteiger partial charge >= 0.3 is 0 Å². The van der Waals surface area contributed by atoms with Crippen molar-refractivity contribution in [2.45, 2.75) is 6.92 Å². The zero-order chi connectivity index (χ0) is 13.0. The van der Waals surface area contributed by atoms with E-state index in [-0.39, 0.29) is 12.5 Å². The Morgan fingerprint density at radius 2 is 2.18 bits per heavy atom. The number of rotatable bonds is 4. The second kappa shape index (κ2) is 5.89. The van der Waals surface area contributed by atoms with Crippen LogP contribution in [-0.2, 0) is 4.79 Å². The van der Waals surface area contributed by atoms with Crippen molar-refractivity contribution in [3.63, 3.8) is 0 Å². The van der Waals surface area contributed by atoms with Gasteiger partial charge in [0.1, 0.15) is 5.75 Å². The first-order valence-corrected chi connectivity index (χ1v) is 5.64. The van der Waals surface area contributed by atoms with Crippen LogP contribution in [0.4, 0.5) is 5.69 Å². The third kappa shape index (κ3) is 3.11. The molecule has 0 saturated heterocycles. The second-order valence-corrected chi connectivity index (χ2v) is 4.19. The zero-order valence-electron chi connectivity index (χ0n) is 10.5. The Morgan fingerprint density at radius 1 is 1.53 bits per heavy atom. The molecule has 0 atom stereocenters. The van der Waals surface area contributed by atoms with E-state index in [0.29, 0.717) is 16.5 Å². The van der Waals surface area contributed by atoms with Gasteiger partial charge in [0.15, 0.2) is 0 Å². The lowest BCUT2D eigenvalue weighted by atomic mass is 10.1. The molecular formula is C12H17ClN2O2. The molecule has 1 aromatic carbocycles. The fraction of sp³-hybridized carbons (Fsp3) is 0.417. The van der Waals surface area contributed by atoms with Crippen molar-refractivity contribution in [2.24, 2.45) is 0 Å². The van der Waals surface area contributed by atoms with E-state index in [9.17, 15) is 4.79 Å². The maximum atomic E-state index is 11.8. The Bertz CT molecular complexity index is 421. The van der Waals surface area contributed by atoms with Gasteiger partial charge in [-0.1, -0.05) is 11.6 Å². The highest BCUT2D eigenvalue weighted by Crippen LogP contribution is 2.34. The highest BCUT2D eigenvalue weighted by atomic mass is 35.5. The number of likely N-dealkylation sites (N-methyl/N-ethyl adjacent to an activating group) is 2. The molecule has 5 heteroatoms. The number of anilines is 1. The maximum absolute atomic E-state index is 11.8. The number of amides is 1. The zero-order valence-corrected chi connectivity index (χ0v) is 11.3. The molecule has 0 heterocycles. The summed E-state index contributed by atoms with van der Waals surface area (Å²) < 4.78 is 5.31. The Balaban J connectivity index is 3.15. The van der Waals surface area contributed by atoms with E-state index in [4.69, 9.17) is 16.3 Å². The molecule has 94 valence electrons. The van der Waals surface area contributed by atoms with Gasteiger partial charge in [0.2, 0.25) is 5.91 Å². The summed E-state index contributed by atoms with van der Waals surface area (Å²) in [5, 5.41) is 3.41. The van der Waals surface area contributed by atoms with E-state index in [1.54, 1.807) is 33.3 Å². The number of carbonyl (C=O) groups excluding carboxylic acids is 1. The third-order valence-corrected chi connectivity index (χ3v) is 2.71. The minimum atomic E-state index is -0.0486. The summed E-state index contributed by atoms with van der Waals surface area (Å²) in [6.45, 7) is 2.16. The fourth-order valence-corrected chi connectivity index (χ4v) is 1.90. The molecule has 1 rings (SSSR count). The van der Waals surface area contributed by atoms with E-state index in [1.165, 1.54) is 4.90 Å². The molecule has 0 aliphatic rings. The first-order chi connectivity index (χ1) is 8.01. The second-order valence-electron chi connectivity index (χ2n) is 3.76. The molecule has 0 bridgehead atoms. The predicted molar refractivity (Wildman–Crippen MR) is 70.1 cm³/mol. The summed E-state index contributed by atoms with van der Waals surface area (Å²) in [7, 11) is 5.01. The summed E-state index contributed by atoms with van der Waals surface area (Å²) in [5.74, 6) is 0.619. The van der Waals surface area contributed by atoms with Crippen LogP contribution in [0.2, 0.25) is 5.02 Å². The molecule has 0 fully saturated rings.